The van der Waals surface area contributed by atoms with Crippen molar-refractivity contribution in [1.29, 1.82) is 0 Å². The number of aromatic nitrogens is 3. The number of carbonyl (C=O) groups excluding carboxylic acids is 1. The SMILES string of the molecule is O=C(Cc1ccc(NS(=O)(=O)c2cccs2)cc1)Nc1nnc(-c2ccccn2)s1. The molecule has 3 aromatic heterocycles. The molecule has 11 heteroatoms. The number of rotatable bonds is 7. The molecule has 0 saturated carbocycles. The van der Waals surface area contributed by atoms with E-state index in [4.69, 9.17) is 0 Å². The number of benzene rings is 1. The molecule has 152 valence electrons. The maximum Gasteiger partial charge on any atom is 0.271 e. The summed E-state index contributed by atoms with van der Waals surface area (Å²) in [5.41, 5.74) is 1.86. The number of anilines is 2. The Morgan fingerprint density at radius 1 is 1.00 bits per heavy atom. The van der Waals surface area contributed by atoms with Crippen molar-refractivity contribution < 1.29 is 13.2 Å². The molecular formula is C19H15N5O3S3. The van der Waals surface area contributed by atoms with Gasteiger partial charge in [0.05, 0.1) is 6.42 Å². The average Bonchev–Trinajstić information content (AvgIpc) is 3.43. The minimum absolute atomic E-state index is 0.121. The van der Waals surface area contributed by atoms with Gasteiger partial charge in [-0.25, -0.2) is 8.42 Å². The summed E-state index contributed by atoms with van der Waals surface area (Å²) in [6, 6.07) is 15.3. The van der Waals surface area contributed by atoms with Crippen molar-refractivity contribution in [3.05, 3.63) is 71.7 Å². The monoisotopic (exact) mass is 457 g/mol. The van der Waals surface area contributed by atoms with Gasteiger partial charge in [0.2, 0.25) is 11.0 Å². The van der Waals surface area contributed by atoms with Gasteiger partial charge in [-0.1, -0.05) is 35.6 Å². The number of nitrogens with zero attached hydrogens (tertiary/aromatic N) is 3. The third-order valence-corrected chi connectivity index (χ3v) is 7.53. The molecule has 3 heterocycles. The molecule has 0 atom stereocenters. The van der Waals surface area contributed by atoms with Crippen molar-refractivity contribution in [3.8, 4) is 10.7 Å². The Labute approximate surface area is 180 Å². The lowest BCUT2D eigenvalue weighted by molar-refractivity contribution is -0.115. The summed E-state index contributed by atoms with van der Waals surface area (Å²) >= 11 is 2.38. The number of hydrogen-bond acceptors (Lipinski definition) is 8. The molecule has 0 spiro atoms. The van der Waals surface area contributed by atoms with Gasteiger partial charge in [0.25, 0.3) is 10.0 Å². The molecule has 0 fully saturated rings. The van der Waals surface area contributed by atoms with Crippen LogP contribution in [0.15, 0.2) is 70.4 Å². The fourth-order valence-electron chi connectivity index (χ4n) is 2.53. The zero-order chi connectivity index (χ0) is 21.0. The number of thiophene rings is 1. The first-order valence-corrected chi connectivity index (χ1v) is 11.9. The first-order valence-electron chi connectivity index (χ1n) is 8.70. The Morgan fingerprint density at radius 3 is 2.53 bits per heavy atom. The predicted octanol–water partition coefficient (Wildman–Crippen LogP) is 3.64. The highest BCUT2D eigenvalue weighted by Gasteiger charge is 2.15. The lowest BCUT2D eigenvalue weighted by atomic mass is 10.1. The van der Waals surface area contributed by atoms with E-state index in [-0.39, 0.29) is 16.5 Å². The minimum Gasteiger partial charge on any atom is -0.300 e. The van der Waals surface area contributed by atoms with E-state index < -0.39 is 10.0 Å². The highest BCUT2D eigenvalue weighted by Crippen LogP contribution is 2.24. The van der Waals surface area contributed by atoms with Crippen molar-refractivity contribution >= 4 is 49.4 Å². The van der Waals surface area contributed by atoms with Crippen LogP contribution in [0.4, 0.5) is 10.8 Å². The van der Waals surface area contributed by atoms with E-state index in [1.54, 1.807) is 48.0 Å². The third kappa shape index (κ3) is 4.87. The normalized spacial score (nSPS) is 11.2. The minimum atomic E-state index is -3.60. The van der Waals surface area contributed by atoms with Crippen molar-refractivity contribution in [3.63, 3.8) is 0 Å². The number of hydrogen-bond donors (Lipinski definition) is 2. The lowest BCUT2D eigenvalue weighted by Crippen LogP contribution is -2.14. The van der Waals surface area contributed by atoms with Crippen LogP contribution in [0.1, 0.15) is 5.56 Å². The third-order valence-electron chi connectivity index (χ3n) is 3.89. The van der Waals surface area contributed by atoms with Crippen molar-refractivity contribution in [2.24, 2.45) is 0 Å². The maximum atomic E-state index is 12.3. The summed E-state index contributed by atoms with van der Waals surface area (Å²) in [5, 5.41) is 13.4. The molecule has 4 rings (SSSR count). The summed E-state index contributed by atoms with van der Waals surface area (Å²) in [4.78, 5) is 16.5. The highest BCUT2D eigenvalue weighted by molar-refractivity contribution is 7.94. The molecule has 4 aromatic rings. The van der Waals surface area contributed by atoms with Crippen molar-refractivity contribution in [1.82, 2.24) is 15.2 Å². The number of amides is 1. The molecular weight excluding hydrogens is 442 g/mol. The Morgan fingerprint density at radius 2 is 1.83 bits per heavy atom. The molecule has 2 N–H and O–H groups in total. The Balaban J connectivity index is 1.36. The summed E-state index contributed by atoms with van der Waals surface area (Å²) in [6.07, 6.45) is 1.79. The quantitative estimate of drug-likeness (QED) is 0.438. The molecule has 30 heavy (non-hydrogen) atoms. The predicted molar refractivity (Wildman–Crippen MR) is 117 cm³/mol. The Kier molecular flexibility index (Phi) is 5.84. The van der Waals surface area contributed by atoms with Gasteiger partial charge in [-0.05, 0) is 41.3 Å². The van der Waals surface area contributed by atoms with Crippen LogP contribution in [0, 0.1) is 0 Å². The second kappa shape index (κ2) is 8.69. The van der Waals surface area contributed by atoms with Gasteiger partial charge in [-0.2, -0.15) is 0 Å². The molecule has 0 aliphatic rings. The topological polar surface area (TPSA) is 114 Å². The van der Waals surface area contributed by atoms with Gasteiger partial charge >= 0.3 is 0 Å². The molecule has 0 unspecified atom stereocenters. The lowest BCUT2D eigenvalue weighted by Gasteiger charge is -2.07. The molecule has 0 saturated heterocycles. The Hall–Kier alpha value is -3.15. The summed E-state index contributed by atoms with van der Waals surface area (Å²) in [5.74, 6) is -0.245. The van der Waals surface area contributed by atoms with E-state index in [0.29, 0.717) is 21.5 Å². The van der Waals surface area contributed by atoms with E-state index >= 15 is 0 Å². The smallest absolute Gasteiger partial charge is 0.271 e. The van der Waals surface area contributed by atoms with E-state index in [9.17, 15) is 13.2 Å². The first-order chi connectivity index (χ1) is 14.5. The highest BCUT2D eigenvalue weighted by atomic mass is 32.2. The average molecular weight is 458 g/mol. The summed E-state index contributed by atoms with van der Waals surface area (Å²) < 4.78 is 27.3. The maximum absolute atomic E-state index is 12.3. The van der Waals surface area contributed by atoms with Crippen LogP contribution in [0.5, 0.6) is 0 Å². The van der Waals surface area contributed by atoms with Crippen LogP contribution >= 0.6 is 22.7 Å². The zero-order valence-electron chi connectivity index (χ0n) is 15.3. The number of carbonyl (C=O) groups is 1. The van der Waals surface area contributed by atoms with Crippen LogP contribution in [0.2, 0.25) is 0 Å². The van der Waals surface area contributed by atoms with Gasteiger partial charge in [-0.15, -0.1) is 21.5 Å². The zero-order valence-corrected chi connectivity index (χ0v) is 17.8. The number of sulfonamides is 1. The molecule has 8 nitrogen and oxygen atoms in total. The fraction of sp³-hybridized carbons (Fsp3) is 0.0526. The second-order valence-electron chi connectivity index (χ2n) is 6.09. The molecule has 0 aliphatic carbocycles. The molecule has 0 radical (unpaired) electrons. The van der Waals surface area contributed by atoms with Crippen LogP contribution < -0.4 is 10.0 Å². The van der Waals surface area contributed by atoms with Crippen molar-refractivity contribution in [2.45, 2.75) is 10.6 Å². The van der Waals surface area contributed by atoms with Crippen LogP contribution in [0.3, 0.4) is 0 Å². The van der Waals surface area contributed by atoms with Gasteiger partial charge < -0.3 is 5.32 Å². The van der Waals surface area contributed by atoms with Gasteiger partial charge in [-0.3, -0.25) is 14.5 Å². The summed E-state index contributed by atoms with van der Waals surface area (Å²) in [7, 11) is -3.60. The van der Waals surface area contributed by atoms with Crippen LogP contribution in [0.25, 0.3) is 10.7 Å². The molecule has 1 amide bonds. The van der Waals surface area contributed by atoms with Gasteiger partial charge in [0, 0.05) is 11.9 Å². The number of pyridine rings is 1. The van der Waals surface area contributed by atoms with E-state index in [1.165, 1.54) is 11.3 Å². The van der Waals surface area contributed by atoms with Crippen molar-refractivity contribution in [2.75, 3.05) is 10.0 Å². The Bertz CT molecular complexity index is 1240. The fourth-order valence-corrected chi connectivity index (χ4v) is 5.32. The first kappa shape index (κ1) is 20.1. The van der Waals surface area contributed by atoms with E-state index in [0.717, 1.165) is 16.9 Å². The molecule has 0 bridgehead atoms. The summed E-state index contributed by atoms with van der Waals surface area (Å²) in [6.45, 7) is 0. The van der Waals surface area contributed by atoms with Crippen LogP contribution in [-0.4, -0.2) is 29.5 Å². The van der Waals surface area contributed by atoms with Gasteiger partial charge in [0.1, 0.15) is 9.90 Å². The molecule has 1 aromatic carbocycles. The standard InChI is InChI=1S/C19H15N5O3S3/c25-16(21-19-23-22-18(29-19)15-4-1-2-10-20-15)12-13-6-8-14(9-7-13)24-30(26,27)17-5-3-11-28-17/h1-11,24H,12H2,(H,21,23,25). The van der Waals surface area contributed by atoms with E-state index in [1.807, 2.05) is 18.2 Å². The second-order valence-corrected chi connectivity index (χ2v) is 9.92. The van der Waals surface area contributed by atoms with Gasteiger partial charge in [0.15, 0.2) is 5.01 Å². The van der Waals surface area contributed by atoms with Crippen LogP contribution in [-0.2, 0) is 21.2 Å². The number of nitrogens with one attached hydrogen (secondary N) is 2. The molecule has 0 aliphatic heterocycles. The van der Waals surface area contributed by atoms with E-state index in [2.05, 4.69) is 25.2 Å². The largest absolute Gasteiger partial charge is 0.300 e.